The van der Waals surface area contributed by atoms with Crippen LogP contribution in [0, 0.1) is 0 Å². The van der Waals surface area contributed by atoms with Crippen molar-refractivity contribution in [2.75, 3.05) is 17.2 Å². The second-order valence-electron chi connectivity index (χ2n) is 3.70. The lowest BCUT2D eigenvalue weighted by atomic mass is 10.2. The van der Waals surface area contributed by atoms with E-state index in [2.05, 4.69) is 10.6 Å². The van der Waals surface area contributed by atoms with Crippen molar-refractivity contribution in [1.29, 1.82) is 0 Å². The van der Waals surface area contributed by atoms with Gasteiger partial charge < -0.3 is 15.4 Å². The maximum Gasteiger partial charge on any atom is 0.333 e. The molecule has 0 saturated carbocycles. The van der Waals surface area contributed by atoms with Crippen molar-refractivity contribution in [3.63, 3.8) is 0 Å². The van der Waals surface area contributed by atoms with Gasteiger partial charge in [-0.25, -0.2) is 4.79 Å². The van der Waals surface area contributed by atoms with Gasteiger partial charge in [-0.2, -0.15) is 0 Å². The van der Waals surface area contributed by atoms with E-state index in [0.717, 1.165) is 6.08 Å². The zero-order valence-corrected chi connectivity index (χ0v) is 11.4. The maximum absolute atomic E-state index is 11.8. The van der Waals surface area contributed by atoms with Gasteiger partial charge in [0.1, 0.15) is 5.70 Å². The van der Waals surface area contributed by atoms with Crippen LogP contribution in [0.3, 0.4) is 0 Å². The first-order valence-electron chi connectivity index (χ1n) is 5.47. The molecule has 7 heteroatoms. The Morgan fingerprint density at radius 2 is 1.84 bits per heavy atom. The summed E-state index contributed by atoms with van der Waals surface area (Å²) in [4.78, 5) is 23.1. The highest BCUT2D eigenvalue weighted by Gasteiger charge is 2.22. The Morgan fingerprint density at radius 1 is 1.26 bits per heavy atom. The van der Waals surface area contributed by atoms with Gasteiger partial charge in [0.2, 0.25) is 0 Å². The van der Waals surface area contributed by atoms with Gasteiger partial charge in [0.15, 0.2) is 0 Å². The quantitative estimate of drug-likeness (QED) is 0.651. The zero-order valence-electron chi connectivity index (χ0n) is 9.92. The van der Waals surface area contributed by atoms with E-state index in [1.165, 1.54) is 6.07 Å². The molecule has 0 aliphatic carbocycles. The van der Waals surface area contributed by atoms with E-state index >= 15 is 0 Å². The van der Waals surface area contributed by atoms with Crippen LogP contribution in [0.15, 0.2) is 23.9 Å². The molecule has 1 aliphatic rings. The predicted octanol–water partition coefficient (Wildman–Crippen LogP) is 2.80. The number of benzene rings is 1. The van der Waals surface area contributed by atoms with E-state index in [1.807, 2.05) is 0 Å². The second-order valence-corrected chi connectivity index (χ2v) is 4.52. The summed E-state index contributed by atoms with van der Waals surface area (Å²) in [5.74, 6) is -1.04. The fraction of sp³-hybridized carbons (Fsp3) is 0.167. The lowest BCUT2D eigenvalue weighted by Gasteiger charge is -2.21. The summed E-state index contributed by atoms with van der Waals surface area (Å²) in [6, 6.07) is 3.10. The van der Waals surface area contributed by atoms with Crippen molar-refractivity contribution in [2.24, 2.45) is 0 Å². The normalized spacial score (nSPS) is 15.5. The van der Waals surface area contributed by atoms with Crippen LogP contribution in [-0.2, 0) is 14.3 Å². The number of hydrogen-bond donors (Lipinski definition) is 2. The van der Waals surface area contributed by atoms with Crippen molar-refractivity contribution < 1.29 is 14.3 Å². The van der Waals surface area contributed by atoms with Crippen LogP contribution >= 0.6 is 23.2 Å². The van der Waals surface area contributed by atoms with Crippen LogP contribution in [0.5, 0.6) is 0 Å². The number of fused-ring (bicyclic) bond motifs is 1. The number of nitrogens with one attached hydrogen (secondary N) is 2. The number of halogens is 2. The summed E-state index contributed by atoms with van der Waals surface area (Å²) >= 11 is 11.7. The van der Waals surface area contributed by atoms with Crippen molar-refractivity contribution in [3.05, 3.63) is 34.0 Å². The van der Waals surface area contributed by atoms with Gasteiger partial charge >= 0.3 is 5.97 Å². The highest BCUT2D eigenvalue weighted by Crippen LogP contribution is 2.35. The molecule has 0 atom stereocenters. The van der Waals surface area contributed by atoms with Crippen LogP contribution in [0.4, 0.5) is 11.4 Å². The first-order valence-corrected chi connectivity index (χ1v) is 6.22. The molecule has 5 nitrogen and oxygen atoms in total. The van der Waals surface area contributed by atoms with E-state index in [-0.39, 0.29) is 12.3 Å². The predicted molar refractivity (Wildman–Crippen MR) is 73.4 cm³/mol. The standard InChI is InChI=1S/C12H10Cl2N2O3/c1-2-19-11(17)5-10-12(18)16-9-4-7(14)6(13)3-8(9)15-10/h3-5,15H,2H2,1H3,(H,16,18)/b10-5-. The lowest BCUT2D eigenvalue weighted by Crippen LogP contribution is -2.26. The first kappa shape index (κ1) is 13.7. The van der Waals surface area contributed by atoms with Crippen LogP contribution in [0.2, 0.25) is 10.0 Å². The minimum Gasteiger partial charge on any atom is -0.463 e. The zero-order chi connectivity index (χ0) is 14.0. The summed E-state index contributed by atoms with van der Waals surface area (Å²) < 4.78 is 4.74. The molecule has 0 unspecified atom stereocenters. The molecular formula is C12H10Cl2N2O3. The molecule has 0 aromatic heterocycles. The van der Waals surface area contributed by atoms with E-state index in [9.17, 15) is 9.59 Å². The monoisotopic (exact) mass is 300 g/mol. The van der Waals surface area contributed by atoms with Gasteiger partial charge in [0.05, 0.1) is 34.1 Å². The van der Waals surface area contributed by atoms with Crippen molar-refractivity contribution in [1.82, 2.24) is 0 Å². The summed E-state index contributed by atoms with van der Waals surface area (Å²) in [6.45, 7) is 1.92. The fourth-order valence-electron chi connectivity index (χ4n) is 1.55. The summed E-state index contributed by atoms with van der Waals surface area (Å²) in [5.41, 5.74) is 1.15. The van der Waals surface area contributed by atoms with Gasteiger partial charge in [0.25, 0.3) is 5.91 Å². The molecule has 2 rings (SSSR count). The molecule has 0 bridgehead atoms. The molecule has 0 spiro atoms. The largest absolute Gasteiger partial charge is 0.463 e. The average Bonchev–Trinajstić information content (AvgIpc) is 2.33. The van der Waals surface area contributed by atoms with E-state index in [1.54, 1.807) is 13.0 Å². The van der Waals surface area contributed by atoms with Crippen molar-refractivity contribution in [2.45, 2.75) is 6.92 Å². The van der Waals surface area contributed by atoms with Gasteiger partial charge in [-0.05, 0) is 19.1 Å². The number of rotatable bonds is 2. The number of ether oxygens (including phenoxy) is 1. The molecule has 19 heavy (non-hydrogen) atoms. The minimum absolute atomic E-state index is 0.0874. The number of amides is 1. The van der Waals surface area contributed by atoms with Crippen LogP contribution < -0.4 is 10.6 Å². The highest BCUT2D eigenvalue weighted by molar-refractivity contribution is 6.42. The lowest BCUT2D eigenvalue weighted by molar-refractivity contribution is -0.137. The Morgan fingerprint density at radius 3 is 2.42 bits per heavy atom. The molecule has 0 saturated heterocycles. The molecule has 1 heterocycles. The number of anilines is 2. The topological polar surface area (TPSA) is 67.4 Å². The Balaban J connectivity index is 2.31. The molecule has 1 aliphatic heterocycles. The van der Waals surface area contributed by atoms with Gasteiger partial charge in [-0.15, -0.1) is 0 Å². The Bertz CT molecular complexity index is 585. The number of hydrogen-bond acceptors (Lipinski definition) is 4. The summed E-state index contributed by atoms with van der Waals surface area (Å²) in [5, 5.41) is 6.09. The fourth-order valence-corrected chi connectivity index (χ4v) is 1.88. The van der Waals surface area contributed by atoms with Gasteiger partial charge in [0, 0.05) is 0 Å². The number of carbonyl (C=O) groups is 2. The van der Waals surface area contributed by atoms with Gasteiger partial charge in [-0.3, -0.25) is 4.79 Å². The number of esters is 1. The summed E-state index contributed by atoms with van der Waals surface area (Å²) in [7, 11) is 0. The third-order valence-electron chi connectivity index (χ3n) is 2.37. The molecule has 1 aromatic carbocycles. The molecule has 0 radical (unpaired) electrons. The number of carbonyl (C=O) groups excluding carboxylic acids is 2. The molecule has 1 aromatic rings. The van der Waals surface area contributed by atoms with Crippen LogP contribution in [0.25, 0.3) is 0 Å². The third kappa shape index (κ3) is 3.00. The Kier molecular flexibility index (Phi) is 3.97. The van der Waals surface area contributed by atoms with E-state index in [0.29, 0.717) is 21.4 Å². The SMILES string of the molecule is CCOC(=O)/C=C1\Nc2cc(Cl)c(Cl)cc2NC1=O. The molecule has 0 fully saturated rings. The maximum atomic E-state index is 11.8. The van der Waals surface area contributed by atoms with Crippen molar-refractivity contribution >= 4 is 46.5 Å². The second kappa shape index (κ2) is 5.50. The van der Waals surface area contributed by atoms with Crippen LogP contribution in [0.1, 0.15) is 6.92 Å². The average molecular weight is 301 g/mol. The Labute approximate surface area is 119 Å². The van der Waals surface area contributed by atoms with E-state index in [4.69, 9.17) is 27.9 Å². The molecular weight excluding hydrogens is 291 g/mol. The summed E-state index contributed by atoms with van der Waals surface area (Å²) in [6.07, 6.45) is 1.09. The smallest absolute Gasteiger partial charge is 0.333 e. The molecule has 100 valence electrons. The third-order valence-corrected chi connectivity index (χ3v) is 3.09. The molecule has 2 N–H and O–H groups in total. The van der Waals surface area contributed by atoms with Gasteiger partial charge in [-0.1, -0.05) is 23.2 Å². The Hall–Kier alpha value is -1.72. The van der Waals surface area contributed by atoms with Crippen LogP contribution in [-0.4, -0.2) is 18.5 Å². The minimum atomic E-state index is -0.594. The molecule has 1 amide bonds. The van der Waals surface area contributed by atoms with E-state index < -0.39 is 11.9 Å². The highest BCUT2D eigenvalue weighted by atomic mass is 35.5. The first-order chi connectivity index (χ1) is 9.01. The van der Waals surface area contributed by atoms with Crippen molar-refractivity contribution in [3.8, 4) is 0 Å².